The van der Waals surface area contributed by atoms with Crippen LogP contribution in [0, 0.1) is 0 Å². The van der Waals surface area contributed by atoms with Gasteiger partial charge in [-0.3, -0.25) is 4.79 Å². The van der Waals surface area contributed by atoms with Crippen LogP contribution in [0.4, 0.5) is 0 Å². The summed E-state index contributed by atoms with van der Waals surface area (Å²) < 4.78 is 5.48. The Labute approximate surface area is 117 Å². The van der Waals surface area contributed by atoms with Crippen LogP contribution in [0.3, 0.4) is 0 Å². The standard InChI is InChI=1S/C15H18N2O3/c1-11(17-19)14-8-7-13(20-14)9-15(18)16-10-12-5-3-2-4-6-12/h2-8,11,17,19H,9-10H2,1H3,(H,16,18). The number of hydrogen-bond donors (Lipinski definition) is 3. The Hall–Kier alpha value is -2.11. The quantitative estimate of drug-likeness (QED) is 0.706. The van der Waals surface area contributed by atoms with Crippen molar-refractivity contribution in [3.8, 4) is 0 Å². The topological polar surface area (TPSA) is 74.5 Å². The molecule has 1 aromatic carbocycles. The molecular weight excluding hydrogens is 256 g/mol. The molecule has 0 saturated heterocycles. The van der Waals surface area contributed by atoms with Gasteiger partial charge in [-0.15, -0.1) is 0 Å². The van der Waals surface area contributed by atoms with Crippen LogP contribution >= 0.6 is 0 Å². The van der Waals surface area contributed by atoms with Crippen LogP contribution in [0.5, 0.6) is 0 Å². The van der Waals surface area contributed by atoms with E-state index in [1.165, 1.54) is 0 Å². The summed E-state index contributed by atoms with van der Waals surface area (Å²) in [5.74, 6) is 1.07. The van der Waals surface area contributed by atoms with Gasteiger partial charge in [-0.25, -0.2) is 0 Å². The third-order valence-electron chi connectivity index (χ3n) is 2.97. The summed E-state index contributed by atoms with van der Waals surface area (Å²) in [4.78, 5) is 11.8. The van der Waals surface area contributed by atoms with Gasteiger partial charge in [-0.05, 0) is 24.6 Å². The van der Waals surface area contributed by atoms with Crippen LogP contribution in [-0.2, 0) is 17.8 Å². The van der Waals surface area contributed by atoms with Crippen LogP contribution in [0.15, 0.2) is 46.9 Å². The molecule has 1 heterocycles. The van der Waals surface area contributed by atoms with E-state index in [9.17, 15) is 4.79 Å². The largest absolute Gasteiger partial charge is 0.464 e. The first-order valence-electron chi connectivity index (χ1n) is 6.48. The van der Waals surface area contributed by atoms with Gasteiger partial charge in [0.2, 0.25) is 5.91 Å². The van der Waals surface area contributed by atoms with Crippen molar-refractivity contribution in [1.29, 1.82) is 0 Å². The zero-order valence-corrected chi connectivity index (χ0v) is 11.3. The highest BCUT2D eigenvalue weighted by molar-refractivity contribution is 5.77. The minimum Gasteiger partial charge on any atom is -0.464 e. The van der Waals surface area contributed by atoms with Gasteiger partial charge < -0.3 is 14.9 Å². The van der Waals surface area contributed by atoms with Crippen molar-refractivity contribution in [1.82, 2.24) is 10.8 Å². The third kappa shape index (κ3) is 3.94. The third-order valence-corrected chi connectivity index (χ3v) is 2.97. The van der Waals surface area contributed by atoms with Crippen molar-refractivity contribution in [3.05, 3.63) is 59.5 Å². The number of rotatable bonds is 6. The lowest BCUT2D eigenvalue weighted by Gasteiger charge is -2.05. The molecule has 5 nitrogen and oxygen atoms in total. The predicted octanol–water partition coefficient (Wildman–Crippen LogP) is 2.18. The van der Waals surface area contributed by atoms with Gasteiger partial charge in [0.1, 0.15) is 11.5 Å². The van der Waals surface area contributed by atoms with Crippen LogP contribution in [0.25, 0.3) is 0 Å². The summed E-state index contributed by atoms with van der Waals surface area (Å²) in [6, 6.07) is 12.9. The zero-order chi connectivity index (χ0) is 14.4. The number of carbonyl (C=O) groups excluding carboxylic acids is 1. The minimum atomic E-state index is -0.295. The molecule has 0 spiro atoms. The average Bonchev–Trinajstić information content (AvgIpc) is 2.94. The fourth-order valence-electron chi connectivity index (χ4n) is 1.80. The maximum atomic E-state index is 11.8. The molecule has 106 valence electrons. The second-order valence-electron chi connectivity index (χ2n) is 4.59. The molecule has 20 heavy (non-hydrogen) atoms. The highest BCUT2D eigenvalue weighted by Crippen LogP contribution is 2.16. The number of amides is 1. The van der Waals surface area contributed by atoms with Crippen molar-refractivity contribution >= 4 is 5.91 Å². The maximum absolute atomic E-state index is 11.8. The second-order valence-corrected chi connectivity index (χ2v) is 4.59. The molecule has 2 aromatic rings. The van der Waals surface area contributed by atoms with Gasteiger partial charge in [0.25, 0.3) is 0 Å². The Morgan fingerprint density at radius 1 is 1.25 bits per heavy atom. The van der Waals surface area contributed by atoms with Crippen LogP contribution in [-0.4, -0.2) is 11.1 Å². The smallest absolute Gasteiger partial charge is 0.227 e. The normalized spacial score (nSPS) is 12.1. The summed E-state index contributed by atoms with van der Waals surface area (Å²) >= 11 is 0. The van der Waals surface area contributed by atoms with Gasteiger partial charge in [-0.1, -0.05) is 30.3 Å². The molecule has 0 radical (unpaired) electrons. The van der Waals surface area contributed by atoms with Crippen molar-refractivity contribution in [3.63, 3.8) is 0 Å². The molecular formula is C15H18N2O3. The van der Waals surface area contributed by atoms with Gasteiger partial charge in [0, 0.05) is 6.54 Å². The molecule has 3 N–H and O–H groups in total. The molecule has 0 aliphatic carbocycles. The highest BCUT2D eigenvalue weighted by atomic mass is 16.5. The molecule has 1 amide bonds. The second kappa shape index (κ2) is 6.88. The first kappa shape index (κ1) is 14.3. The Morgan fingerprint density at radius 3 is 2.70 bits per heavy atom. The fourth-order valence-corrected chi connectivity index (χ4v) is 1.80. The molecule has 0 saturated carbocycles. The van der Waals surface area contributed by atoms with Crippen LogP contribution < -0.4 is 10.8 Å². The van der Waals surface area contributed by atoms with E-state index in [4.69, 9.17) is 9.62 Å². The van der Waals surface area contributed by atoms with Gasteiger partial charge in [0.15, 0.2) is 0 Å². The minimum absolute atomic E-state index is 0.0978. The summed E-state index contributed by atoms with van der Waals surface area (Å²) in [5.41, 5.74) is 3.15. The molecule has 0 bridgehead atoms. The van der Waals surface area contributed by atoms with Crippen molar-refractivity contribution in [2.24, 2.45) is 0 Å². The summed E-state index contributed by atoms with van der Waals surface area (Å²) in [6.07, 6.45) is 0.185. The van der Waals surface area contributed by atoms with Crippen LogP contribution in [0.2, 0.25) is 0 Å². The first-order chi connectivity index (χ1) is 9.69. The molecule has 1 atom stereocenters. The van der Waals surface area contributed by atoms with Crippen molar-refractivity contribution < 1.29 is 14.4 Å². The Balaban J connectivity index is 1.84. The molecule has 5 heteroatoms. The first-order valence-corrected chi connectivity index (χ1v) is 6.48. The summed E-state index contributed by atoms with van der Waals surface area (Å²) in [5, 5.41) is 11.6. The molecule has 1 unspecified atom stereocenters. The van der Waals surface area contributed by atoms with E-state index in [0.717, 1.165) is 5.56 Å². The summed E-state index contributed by atoms with van der Waals surface area (Å²) in [7, 11) is 0. The molecule has 0 aliphatic heterocycles. The van der Waals surface area contributed by atoms with Crippen molar-refractivity contribution in [2.75, 3.05) is 0 Å². The average molecular weight is 274 g/mol. The summed E-state index contributed by atoms with van der Waals surface area (Å²) in [6.45, 7) is 2.26. The lowest BCUT2D eigenvalue weighted by molar-refractivity contribution is -0.120. The molecule has 0 aliphatic rings. The van der Waals surface area contributed by atoms with E-state index in [1.54, 1.807) is 19.1 Å². The van der Waals surface area contributed by atoms with Gasteiger partial charge >= 0.3 is 0 Å². The lowest BCUT2D eigenvalue weighted by atomic mass is 10.2. The molecule has 1 aromatic heterocycles. The van der Waals surface area contributed by atoms with E-state index in [0.29, 0.717) is 18.1 Å². The van der Waals surface area contributed by atoms with Crippen LogP contribution in [0.1, 0.15) is 30.0 Å². The lowest BCUT2D eigenvalue weighted by Crippen LogP contribution is -2.24. The Kier molecular flexibility index (Phi) is 4.92. The van der Waals surface area contributed by atoms with E-state index in [-0.39, 0.29) is 18.4 Å². The molecule has 2 rings (SSSR count). The number of benzene rings is 1. The maximum Gasteiger partial charge on any atom is 0.227 e. The van der Waals surface area contributed by atoms with E-state index in [1.807, 2.05) is 30.3 Å². The Morgan fingerprint density at radius 2 is 2.00 bits per heavy atom. The monoisotopic (exact) mass is 274 g/mol. The fraction of sp³-hybridized carbons (Fsp3) is 0.267. The Bertz CT molecular complexity index is 551. The zero-order valence-electron chi connectivity index (χ0n) is 11.3. The highest BCUT2D eigenvalue weighted by Gasteiger charge is 2.11. The number of carbonyl (C=O) groups is 1. The van der Waals surface area contributed by atoms with Crippen molar-refractivity contribution in [2.45, 2.75) is 25.9 Å². The SMILES string of the molecule is CC(NO)c1ccc(CC(=O)NCc2ccccc2)o1. The van der Waals surface area contributed by atoms with E-state index < -0.39 is 0 Å². The number of hydroxylamine groups is 1. The van der Waals surface area contributed by atoms with Gasteiger partial charge in [-0.2, -0.15) is 5.48 Å². The van der Waals surface area contributed by atoms with E-state index >= 15 is 0 Å². The predicted molar refractivity (Wildman–Crippen MR) is 74.0 cm³/mol. The van der Waals surface area contributed by atoms with Gasteiger partial charge in [0.05, 0.1) is 12.5 Å². The van der Waals surface area contributed by atoms with E-state index in [2.05, 4.69) is 10.8 Å². The number of hydrogen-bond acceptors (Lipinski definition) is 4. The number of nitrogens with one attached hydrogen (secondary N) is 2. The number of furan rings is 1. The molecule has 0 fully saturated rings.